The Morgan fingerprint density at radius 1 is 1.60 bits per heavy atom. The molecule has 1 aromatic heterocycles. The largest absolute Gasteiger partial charge is 0.397 e. The van der Waals surface area contributed by atoms with E-state index in [0.29, 0.717) is 5.69 Å². The van der Waals surface area contributed by atoms with Crippen molar-refractivity contribution in [3.8, 4) is 0 Å². The fraction of sp³-hybridized carbons (Fsp3) is 0.375. The van der Waals surface area contributed by atoms with Gasteiger partial charge in [0.2, 0.25) is 0 Å². The summed E-state index contributed by atoms with van der Waals surface area (Å²) in [6.45, 7) is 4.25. The van der Waals surface area contributed by atoms with Crippen LogP contribution in [0.2, 0.25) is 0 Å². The molecule has 1 rings (SSSR count). The van der Waals surface area contributed by atoms with Crippen LogP contribution in [0.5, 0.6) is 0 Å². The molecule has 0 saturated heterocycles. The lowest BCUT2D eigenvalue weighted by Crippen LogP contribution is -1.82. The lowest BCUT2D eigenvalue weighted by atomic mass is 10.4. The smallest absolute Gasteiger partial charge is 0.0500 e. The molecule has 0 aliphatic rings. The predicted octanol–water partition coefficient (Wildman–Crippen LogP) is 2.33. The third-order valence-corrected chi connectivity index (χ3v) is 0.684. The van der Waals surface area contributed by atoms with Crippen LogP contribution in [-0.2, 0) is 0 Å². The molecule has 0 atom stereocenters. The highest BCUT2D eigenvalue weighted by Crippen LogP contribution is 1.92. The second-order valence-electron chi connectivity index (χ2n) is 1.99. The first kappa shape index (κ1) is 8.95. The summed E-state index contributed by atoms with van der Waals surface area (Å²) < 4.78 is 0. The molecule has 0 bridgehead atoms. The third kappa shape index (κ3) is 5.09. The maximum absolute atomic E-state index is 5.30. The Morgan fingerprint density at radius 3 is 2.40 bits per heavy atom. The van der Waals surface area contributed by atoms with Crippen molar-refractivity contribution in [1.29, 1.82) is 0 Å². The number of anilines is 1. The molecule has 2 N–H and O–H groups in total. The zero-order chi connectivity index (χ0) is 7.82. The second kappa shape index (κ2) is 6.08. The van der Waals surface area contributed by atoms with Crippen LogP contribution in [0.25, 0.3) is 0 Å². The lowest BCUT2D eigenvalue weighted by Gasteiger charge is -1.83. The van der Waals surface area contributed by atoms with Crippen LogP contribution in [0.3, 0.4) is 0 Å². The van der Waals surface area contributed by atoms with Gasteiger partial charge in [-0.2, -0.15) is 0 Å². The average Bonchev–Trinajstić information content (AvgIpc) is 1.91. The summed E-state index contributed by atoms with van der Waals surface area (Å²) in [7, 11) is 0. The molecule has 2 heteroatoms. The van der Waals surface area contributed by atoms with Crippen molar-refractivity contribution in [2.45, 2.75) is 20.3 Å². The van der Waals surface area contributed by atoms with Gasteiger partial charge in [0.05, 0.1) is 5.69 Å². The quantitative estimate of drug-likeness (QED) is 0.600. The highest BCUT2D eigenvalue weighted by atomic mass is 14.7. The highest BCUT2D eigenvalue weighted by Gasteiger charge is 1.73. The standard InChI is InChI=1S/C5H6N2.C3H8.H2/c6-5-2-1-3-7-4-5;1-3-2;/h1-4H,6H2;3H2,1-2H3;1H. The summed E-state index contributed by atoms with van der Waals surface area (Å²) >= 11 is 0. The van der Waals surface area contributed by atoms with Crippen LogP contribution in [0, 0.1) is 0 Å². The molecule has 1 aromatic rings. The van der Waals surface area contributed by atoms with E-state index < -0.39 is 0 Å². The van der Waals surface area contributed by atoms with Gasteiger partial charge in [0.25, 0.3) is 0 Å². The van der Waals surface area contributed by atoms with Gasteiger partial charge < -0.3 is 5.73 Å². The molecule has 0 unspecified atom stereocenters. The van der Waals surface area contributed by atoms with E-state index in [0.717, 1.165) is 0 Å². The summed E-state index contributed by atoms with van der Waals surface area (Å²) in [5.41, 5.74) is 6.01. The first-order valence-electron chi connectivity index (χ1n) is 3.46. The van der Waals surface area contributed by atoms with Crippen LogP contribution >= 0.6 is 0 Å². The number of hydrogen-bond donors (Lipinski definition) is 1. The van der Waals surface area contributed by atoms with E-state index in [9.17, 15) is 0 Å². The van der Waals surface area contributed by atoms with Gasteiger partial charge in [-0.05, 0) is 12.1 Å². The van der Waals surface area contributed by atoms with Gasteiger partial charge in [-0.3, -0.25) is 4.98 Å². The van der Waals surface area contributed by atoms with Gasteiger partial charge in [-0.25, -0.2) is 0 Å². The van der Waals surface area contributed by atoms with Crippen LogP contribution in [0.1, 0.15) is 21.7 Å². The fourth-order valence-electron chi connectivity index (χ4n) is 0.376. The maximum Gasteiger partial charge on any atom is 0.0500 e. The van der Waals surface area contributed by atoms with E-state index in [2.05, 4.69) is 18.8 Å². The predicted molar refractivity (Wildman–Crippen MR) is 46.7 cm³/mol. The normalized spacial score (nSPS) is 7.80. The molecule has 10 heavy (non-hydrogen) atoms. The van der Waals surface area contributed by atoms with Gasteiger partial charge in [0, 0.05) is 13.8 Å². The van der Waals surface area contributed by atoms with E-state index in [1.165, 1.54) is 6.42 Å². The van der Waals surface area contributed by atoms with Crippen molar-refractivity contribution < 1.29 is 1.43 Å². The number of nitrogen functional groups attached to an aromatic ring is 1. The van der Waals surface area contributed by atoms with Crippen LogP contribution < -0.4 is 5.73 Å². The number of aromatic nitrogens is 1. The molecule has 2 nitrogen and oxygen atoms in total. The highest BCUT2D eigenvalue weighted by molar-refractivity contribution is 5.32. The third-order valence-electron chi connectivity index (χ3n) is 0.684. The van der Waals surface area contributed by atoms with Crippen molar-refractivity contribution in [3.05, 3.63) is 24.5 Å². The number of nitrogens with zero attached hydrogens (tertiary/aromatic N) is 1. The SMILES string of the molecule is CCC.Nc1cccnc1.[HH]. The zero-order valence-corrected chi connectivity index (χ0v) is 6.54. The Hall–Kier alpha value is -1.05. The molecular weight excluding hydrogens is 124 g/mol. The number of pyridine rings is 1. The average molecular weight is 140 g/mol. The molecule has 0 fully saturated rings. The molecule has 0 spiro atoms. The van der Waals surface area contributed by atoms with Crippen molar-refractivity contribution in [2.24, 2.45) is 0 Å². The first-order chi connectivity index (χ1) is 4.81. The Balaban J connectivity index is 0. The van der Waals surface area contributed by atoms with Crippen molar-refractivity contribution in [3.63, 3.8) is 0 Å². The summed E-state index contributed by atoms with van der Waals surface area (Å²) in [5.74, 6) is 0. The number of nitrogens with two attached hydrogens (primary N) is 1. The van der Waals surface area contributed by atoms with Crippen molar-refractivity contribution in [2.75, 3.05) is 5.73 Å². The molecule has 0 radical (unpaired) electrons. The van der Waals surface area contributed by atoms with Crippen LogP contribution in [0.4, 0.5) is 5.69 Å². The van der Waals surface area contributed by atoms with Gasteiger partial charge in [-0.1, -0.05) is 20.3 Å². The Labute approximate surface area is 63.6 Å². The van der Waals surface area contributed by atoms with E-state index in [1.807, 2.05) is 0 Å². The van der Waals surface area contributed by atoms with E-state index in [-0.39, 0.29) is 1.43 Å². The topological polar surface area (TPSA) is 38.9 Å². The molecule has 0 aliphatic carbocycles. The Bertz CT molecular complexity index is 153. The lowest BCUT2D eigenvalue weighted by molar-refractivity contribution is 1.09. The van der Waals surface area contributed by atoms with E-state index in [4.69, 9.17) is 5.73 Å². The monoisotopic (exact) mass is 140 g/mol. The van der Waals surface area contributed by atoms with Crippen molar-refractivity contribution >= 4 is 5.69 Å². The van der Waals surface area contributed by atoms with Crippen LogP contribution in [-0.4, -0.2) is 4.98 Å². The zero-order valence-electron chi connectivity index (χ0n) is 6.54. The maximum atomic E-state index is 5.30. The summed E-state index contributed by atoms with van der Waals surface area (Å²) in [6.07, 6.45) is 4.55. The van der Waals surface area contributed by atoms with E-state index >= 15 is 0 Å². The Kier molecular flexibility index (Phi) is 5.44. The minimum atomic E-state index is 0. The minimum absolute atomic E-state index is 0. The molecule has 0 aliphatic heterocycles. The molecule has 0 aromatic carbocycles. The molecule has 1 heterocycles. The first-order valence-corrected chi connectivity index (χ1v) is 3.46. The summed E-state index contributed by atoms with van der Waals surface area (Å²) in [4.78, 5) is 3.76. The Morgan fingerprint density at radius 2 is 2.20 bits per heavy atom. The molecular formula is C8H16N2. The summed E-state index contributed by atoms with van der Waals surface area (Å²) in [5, 5.41) is 0. The van der Waals surface area contributed by atoms with Gasteiger partial charge in [-0.15, -0.1) is 0 Å². The molecule has 58 valence electrons. The minimum Gasteiger partial charge on any atom is -0.397 e. The molecule has 0 saturated carbocycles. The van der Waals surface area contributed by atoms with E-state index in [1.54, 1.807) is 24.5 Å². The number of hydrogen-bond acceptors (Lipinski definition) is 2. The van der Waals surface area contributed by atoms with Gasteiger partial charge in [0.15, 0.2) is 0 Å². The fourth-order valence-corrected chi connectivity index (χ4v) is 0.376. The van der Waals surface area contributed by atoms with Gasteiger partial charge >= 0.3 is 0 Å². The molecule has 0 amide bonds. The number of rotatable bonds is 0. The second-order valence-corrected chi connectivity index (χ2v) is 1.99. The van der Waals surface area contributed by atoms with Crippen molar-refractivity contribution in [1.82, 2.24) is 4.98 Å². The van der Waals surface area contributed by atoms with Crippen LogP contribution in [0.15, 0.2) is 24.5 Å². The summed E-state index contributed by atoms with van der Waals surface area (Å²) in [6, 6.07) is 3.60. The van der Waals surface area contributed by atoms with Gasteiger partial charge in [0.1, 0.15) is 0 Å².